The van der Waals surface area contributed by atoms with Gasteiger partial charge in [-0.25, -0.2) is 14.5 Å². The first-order chi connectivity index (χ1) is 11.1. The van der Waals surface area contributed by atoms with Gasteiger partial charge in [0.15, 0.2) is 0 Å². The van der Waals surface area contributed by atoms with Gasteiger partial charge in [0, 0.05) is 46.4 Å². The Hall–Kier alpha value is -2.42. The number of amides is 1. The van der Waals surface area contributed by atoms with Gasteiger partial charge in [0.2, 0.25) is 0 Å². The van der Waals surface area contributed by atoms with Gasteiger partial charge in [-0.05, 0) is 0 Å². The molecule has 0 fully saturated rings. The van der Waals surface area contributed by atoms with Crippen molar-refractivity contribution in [2.24, 2.45) is 7.05 Å². The van der Waals surface area contributed by atoms with Crippen LogP contribution >= 0.6 is 0 Å². The van der Waals surface area contributed by atoms with E-state index in [1.165, 1.54) is 4.68 Å². The number of carbonyl (C=O) groups is 1. The zero-order valence-electron chi connectivity index (χ0n) is 13.3. The average molecular weight is 320 g/mol. The van der Waals surface area contributed by atoms with Gasteiger partial charge < -0.3 is 14.2 Å². The number of aryl methyl sites for hydroxylation is 1. The fraction of sp³-hybridized carbons (Fsp3) is 0.571. The highest BCUT2D eigenvalue weighted by Crippen LogP contribution is 2.08. The summed E-state index contributed by atoms with van der Waals surface area (Å²) in [6.07, 6.45) is 3.85. The van der Waals surface area contributed by atoms with Gasteiger partial charge in [-0.1, -0.05) is 0 Å². The highest BCUT2D eigenvalue weighted by Gasteiger charge is 2.24. The Labute approximate surface area is 133 Å². The fourth-order valence-electron chi connectivity index (χ4n) is 2.67. The zero-order chi connectivity index (χ0) is 16.4. The lowest BCUT2D eigenvalue weighted by Gasteiger charge is -2.18. The third-order valence-corrected chi connectivity index (χ3v) is 3.92. The molecule has 3 rings (SSSR count). The van der Waals surface area contributed by atoms with Crippen molar-refractivity contribution < 1.29 is 9.53 Å². The first-order valence-corrected chi connectivity index (χ1v) is 7.53. The van der Waals surface area contributed by atoms with Crippen molar-refractivity contribution in [3.63, 3.8) is 0 Å². The molecule has 0 saturated heterocycles. The van der Waals surface area contributed by atoms with Gasteiger partial charge >= 0.3 is 5.69 Å². The summed E-state index contributed by atoms with van der Waals surface area (Å²) >= 11 is 0. The summed E-state index contributed by atoms with van der Waals surface area (Å²) < 4.78 is 9.79. The van der Waals surface area contributed by atoms with Crippen molar-refractivity contribution in [1.29, 1.82) is 0 Å². The van der Waals surface area contributed by atoms with E-state index in [-0.39, 0.29) is 11.6 Å². The van der Waals surface area contributed by atoms with Crippen LogP contribution in [0.25, 0.3) is 0 Å². The van der Waals surface area contributed by atoms with E-state index >= 15 is 0 Å². The van der Waals surface area contributed by atoms with Gasteiger partial charge in [0.1, 0.15) is 11.5 Å². The molecule has 1 aliphatic heterocycles. The molecule has 124 valence electrons. The van der Waals surface area contributed by atoms with Crippen LogP contribution < -0.4 is 5.69 Å². The van der Waals surface area contributed by atoms with Crippen molar-refractivity contribution in [3.05, 3.63) is 34.5 Å². The number of imidazole rings is 1. The number of aromatic nitrogens is 5. The van der Waals surface area contributed by atoms with Crippen LogP contribution in [0.4, 0.5) is 0 Å². The molecule has 2 aromatic heterocycles. The highest BCUT2D eigenvalue weighted by molar-refractivity contribution is 5.92. The SMILES string of the molecule is COCCn1nc2n(c1=O)CCN(C(=O)c1cn(C)cn1)CC2. The van der Waals surface area contributed by atoms with E-state index < -0.39 is 0 Å². The summed E-state index contributed by atoms with van der Waals surface area (Å²) in [6.45, 7) is 2.32. The van der Waals surface area contributed by atoms with Crippen molar-refractivity contribution in [2.45, 2.75) is 19.5 Å². The largest absolute Gasteiger partial charge is 0.383 e. The standard InChI is InChI=1S/C14H20N6O3/c1-17-9-11(15-10-17)13(21)18-4-3-12-16-20(7-8-23-2)14(22)19(12)6-5-18/h9-10H,3-8H2,1-2H3. The Morgan fingerprint density at radius 3 is 2.87 bits per heavy atom. The molecular formula is C14H20N6O3. The Bertz CT molecular complexity index is 759. The summed E-state index contributed by atoms with van der Waals surface area (Å²) in [6, 6.07) is 0. The van der Waals surface area contributed by atoms with Crippen molar-refractivity contribution in [3.8, 4) is 0 Å². The number of rotatable bonds is 4. The summed E-state index contributed by atoms with van der Waals surface area (Å²) in [4.78, 5) is 30.6. The van der Waals surface area contributed by atoms with Gasteiger partial charge in [-0.15, -0.1) is 0 Å². The second-order valence-corrected chi connectivity index (χ2v) is 5.53. The van der Waals surface area contributed by atoms with Crippen LogP contribution in [0, 0.1) is 0 Å². The summed E-state index contributed by atoms with van der Waals surface area (Å²) in [7, 11) is 3.41. The quantitative estimate of drug-likeness (QED) is 0.730. The summed E-state index contributed by atoms with van der Waals surface area (Å²) in [5.74, 6) is 0.596. The molecule has 0 bridgehead atoms. The van der Waals surface area contributed by atoms with Crippen LogP contribution in [0.3, 0.4) is 0 Å². The van der Waals surface area contributed by atoms with Crippen LogP contribution in [0.5, 0.6) is 0 Å². The minimum Gasteiger partial charge on any atom is -0.383 e. The average Bonchev–Trinajstić information content (AvgIpc) is 3.02. The highest BCUT2D eigenvalue weighted by atomic mass is 16.5. The fourth-order valence-corrected chi connectivity index (χ4v) is 2.67. The molecule has 1 amide bonds. The molecule has 0 radical (unpaired) electrons. The van der Waals surface area contributed by atoms with E-state index in [0.717, 1.165) is 0 Å². The molecule has 0 unspecified atom stereocenters. The molecular weight excluding hydrogens is 300 g/mol. The molecule has 0 spiro atoms. The lowest BCUT2D eigenvalue weighted by molar-refractivity contribution is 0.0753. The van der Waals surface area contributed by atoms with Crippen LogP contribution in [0.15, 0.2) is 17.3 Å². The number of fused-ring (bicyclic) bond motifs is 1. The number of nitrogens with zero attached hydrogens (tertiary/aromatic N) is 6. The number of carbonyl (C=O) groups excluding carboxylic acids is 1. The van der Waals surface area contributed by atoms with Crippen LogP contribution in [-0.2, 0) is 31.3 Å². The van der Waals surface area contributed by atoms with Gasteiger partial charge in [0.25, 0.3) is 5.91 Å². The Kier molecular flexibility index (Phi) is 4.28. The van der Waals surface area contributed by atoms with E-state index in [0.29, 0.717) is 50.7 Å². The first-order valence-electron chi connectivity index (χ1n) is 7.53. The maximum atomic E-state index is 12.5. The molecule has 0 aromatic carbocycles. The molecule has 0 N–H and O–H groups in total. The maximum absolute atomic E-state index is 12.5. The third-order valence-electron chi connectivity index (χ3n) is 3.92. The lowest BCUT2D eigenvalue weighted by atomic mass is 10.3. The normalized spacial score (nSPS) is 14.6. The second kappa shape index (κ2) is 6.37. The van der Waals surface area contributed by atoms with Crippen molar-refractivity contribution in [1.82, 2.24) is 28.8 Å². The van der Waals surface area contributed by atoms with Crippen molar-refractivity contribution >= 4 is 5.91 Å². The zero-order valence-corrected chi connectivity index (χ0v) is 13.3. The summed E-state index contributed by atoms with van der Waals surface area (Å²) in [5.41, 5.74) is 0.272. The smallest absolute Gasteiger partial charge is 0.346 e. The lowest BCUT2D eigenvalue weighted by Crippen LogP contribution is -2.35. The molecule has 3 heterocycles. The van der Waals surface area contributed by atoms with Gasteiger partial charge in [0.05, 0.1) is 19.5 Å². The van der Waals surface area contributed by atoms with E-state index in [2.05, 4.69) is 10.1 Å². The van der Waals surface area contributed by atoms with Gasteiger partial charge in [-0.2, -0.15) is 5.10 Å². The molecule has 2 aromatic rings. The molecule has 0 aliphatic carbocycles. The number of methoxy groups -OCH3 is 1. The van der Waals surface area contributed by atoms with E-state index in [1.54, 1.807) is 33.7 Å². The molecule has 9 nitrogen and oxygen atoms in total. The van der Waals surface area contributed by atoms with E-state index in [9.17, 15) is 9.59 Å². The van der Waals surface area contributed by atoms with Crippen LogP contribution in [-0.4, -0.2) is 61.5 Å². The topological polar surface area (TPSA) is 87.2 Å². The van der Waals surface area contributed by atoms with Gasteiger partial charge in [-0.3, -0.25) is 9.36 Å². The molecule has 0 saturated carbocycles. The third kappa shape index (κ3) is 3.04. The molecule has 1 aliphatic rings. The molecule has 0 atom stereocenters. The predicted molar refractivity (Wildman–Crippen MR) is 81.2 cm³/mol. The molecule has 23 heavy (non-hydrogen) atoms. The number of hydrogen-bond donors (Lipinski definition) is 0. The predicted octanol–water partition coefficient (Wildman–Crippen LogP) is -0.877. The van der Waals surface area contributed by atoms with E-state index in [1.807, 2.05) is 7.05 Å². The van der Waals surface area contributed by atoms with E-state index in [4.69, 9.17) is 4.74 Å². The first kappa shape index (κ1) is 15.5. The number of ether oxygens (including phenoxy) is 1. The molecule has 9 heteroatoms. The van der Waals surface area contributed by atoms with Crippen LogP contribution in [0.2, 0.25) is 0 Å². The second-order valence-electron chi connectivity index (χ2n) is 5.53. The minimum absolute atomic E-state index is 0.115. The monoisotopic (exact) mass is 320 g/mol. The Morgan fingerprint density at radius 2 is 2.17 bits per heavy atom. The minimum atomic E-state index is -0.149. The Balaban J connectivity index is 1.73. The number of hydrogen-bond acceptors (Lipinski definition) is 5. The van der Waals surface area contributed by atoms with Crippen molar-refractivity contribution in [2.75, 3.05) is 26.8 Å². The Morgan fingerprint density at radius 1 is 1.35 bits per heavy atom. The summed E-state index contributed by atoms with van der Waals surface area (Å²) in [5, 5.41) is 4.35. The maximum Gasteiger partial charge on any atom is 0.346 e. The van der Waals surface area contributed by atoms with Crippen LogP contribution in [0.1, 0.15) is 16.3 Å².